The van der Waals surface area contributed by atoms with Crippen molar-refractivity contribution in [2.24, 2.45) is 94.7 Å². The molecule has 10 saturated heterocycles. The molecule has 8 aliphatic carbocycles. The van der Waals surface area contributed by atoms with Crippen LogP contribution in [0.2, 0.25) is 0 Å². The normalized spacial score (nSPS) is 56.2. The number of nitrogens with one attached hydrogen (secondary N) is 16. The molecule has 16 nitrogen and oxygen atoms in total. The first-order valence-electron chi connectivity index (χ1n) is 35.8. The molecule has 8 saturated carbocycles. The Morgan fingerprint density at radius 3 is 0.232 bits per heavy atom. The van der Waals surface area contributed by atoms with Crippen LogP contribution in [0, 0.1) is 94.7 Å². The van der Waals surface area contributed by atoms with Gasteiger partial charge in [-0.2, -0.15) is 0 Å². The largest absolute Gasteiger partial charge is 0.286 e. The smallest absolute Gasteiger partial charge is 0.0628 e. The van der Waals surface area contributed by atoms with E-state index in [4.69, 9.17) is 0 Å². The summed E-state index contributed by atoms with van der Waals surface area (Å²) in [6.07, 6.45) is 51.1. The fourth-order valence-corrected chi connectivity index (χ4v) is 23.9. The van der Waals surface area contributed by atoms with Crippen LogP contribution in [-0.2, 0) is 0 Å². The Morgan fingerprint density at radius 2 is 0.171 bits per heavy atom. The second-order valence-corrected chi connectivity index (χ2v) is 31.2. The monoisotopic (exact) mass is 1140 g/mol. The highest BCUT2D eigenvalue weighted by Gasteiger charge is 2.57. The highest BCUT2D eigenvalue weighted by molar-refractivity contribution is 5.11. The Balaban J connectivity index is 0.000000137. The minimum absolute atomic E-state index is 0. The summed E-state index contributed by atoms with van der Waals surface area (Å²) in [6.45, 7) is 0. The average molecular weight is 1150 g/mol. The lowest BCUT2D eigenvalue weighted by Gasteiger charge is -2.35. The van der Waals surface area contributed by atoms with Crippen LogP contribution in [0.5, 0.6) is 0 Å². The summed E-state index contributed by atoms with van der Waals surface area (Å²) in [4.78, 5) is 0. The van der Waals surface area contributed by atoms with E-state index in [1.54, 1.807) is 0 Å². The highest BCUT2D eigenvalue weighted by Crippen LogP contribution is 2.49. The topological polar surface area (TPSA) is 192 Å². The molecule has 0 amide bonds. The van der Waals surface area contributed by atoms with Gasteiger partial charge in [0, 0.05) is 0 Å². The number of hydrogen-bond acceptors (Lipinski definition) is 16. The summed E-state index contributed by atoms with van der Waals surface area (Å²) in [5, 5.41) is 67.6. The van der Waals surface area contributed by atoms with Gasteiger partial charge < -0.3 is 0 Å². The van der Waals surface area contributed by atoms with E-state index in [1.807, 2.05) is 0 Å². The Labute approximate surface area is 491 Å². The van der Waals surface area contributed by atoms with E-state index >= 15 is 0 Å². The molecule has 82 heavy (non-hydrogen) atoms. The van der Waals surface area contributed by atoms with Gasteiger partial charge >= 0.3 is 0 Å². The minimum atomic E-state index is 0. The molecule has 0 aromatic carbocycles. The van der Waals surface area contributed by atoms with Gasteiger partial charge in [-0.25, -0.2) is 0 Å². The van der Waals surface area contributed by atoms with E-state index < -0.39 is 0 Å². The van der Waals surface area contributed by atoms with Crippen LogP contribution in [0.1, 0.15) is 205 Å². The minimum Gasteiger partial charge on any atom is -0.286 e. The fraction of sp³-hybridized carbons (Fsp3) is 1.00. The van der Waals surface area contributed by atoms with Crippen LogP contribution >= 0.6 is 0 Å². The van der Waals surface area contributed by atoms with Gasteiger partial charge in [-0.3, -0.25) is 94.5 Å². The van der Waals surface area contributed by atoms with E-state index in [0.29, 0.717) is 98.7 Å². The van der Waals surface area contributed by atoms with Crippen molar-refractivity contribution in [1.82, 2.24) is 85.1 Å². The van der Waals surface area contributed by atoms with Crippen molar-refractivity contribution in [1.29, 1.82) is 0 Å². The summed E-state index contributed by atoms with van der Waals surface area (Å²) in [6, 6.07) is 0. The van der Waals surface area contributed by atoms with Crippen molar-refractivity contribution >= 4 is 0 Å². The lowest BCUT2D eigenvalue weighted by atomic mass is 9.76. The van der Waals surface area contributed by atoms with Crippen LogP contribution in [0.25, 0.3) is 0 Å². The molecule has 16 bridgehead atoms. The zero-order valence-corrected chi connectivity index (χ0v) is 49.9. The van der Waals surface area contributed by atoms with E-state index in [2.05, 4.69) is 85.1 Å². The van der Waals surface area contributed by atoms with Gasteiger partial charge in [-0.15, -0.1) is 0 Å². The van der Waals surface area contributed by atoms with Crippen LogP contribution < -0.4 is 85.1 Å². The highest BCUT2D eigenvalue weighted by atomic mass is 19.0. The van der Waals surface area contributed by atoms with Gasteiger partial charge in [0.05, 0.1) is 98.7 Å². The van der Waals surface area contributed by atoms with E-state index in [-0.39, 0.29) is 9.41 Å². The maximum Gasteiger partial charge on any atom is 0.0628 e. The first-order chi connectivity index (χ1) is 39.6. The number of rotatable bonds is 0. The van der Waals surface area contributed by atoms with Gasteiger partial charge in [-0.05, 0) is 197 Å². The zero-order valence-electron chi connectivity index (χ0n) is 49.9. The molecule has 0 spiro atoms. The Morgan fingerprint density at radius 1 is 0.110 bits per heavy atom. The van der Waals surface area contributed by atoms with Crippen molar-refractivity contribution in [3.05, 3.63) is 0 Å². The molecule has 10 heterocycles. The van der Waals surface area contributed by atoms with Crippen molar-refractivity contribution in [3.8, 4) is 0 Å². The standard InChI is InChI=1S/2C32H56N8.2FH/c2*1-2-10-18-17(9-1)25-33-26(18)38-28-21-13-5-6-14-22(21)30(35-28)40-32-24-16-8-7-15-23(24)31(36-32)39-29-20-12-4-3-11-19(20)27(34-29)37-25;;/h2*17-40H,1-16H2;2*1H. The van der Waals surface area contributed by atoms with E-state index in [9.17, 15) is 0 Å². The average Bonchev–Trinajstić information content (AvgIpc) is 4.52. The predicted octanol–water partition coefficient (Wildman–Crippen LogP) is 5.52. The van der Waals surface area contributed by atoms with Gasteiger partial charge in [0.25, 0.3) is 0 Å². The number of fused-ring (bicyclic) bond motifs is 40. The molecule has 16 atom stereocenters. The predicted molar refractivity (Wildman–Crippen MR) is 319 cm³/mol. The lowest BCUT2D eigenvalue weighted by Crippen LogP contribution is -2.61. The molecule has 10 aliphatic heterocycles. The summed E-state index contributed by atoms with van der Waals surface area (Å²) in [5.74, 6) is 11.9. The van der Waals surface area contributed by atoms with Crippen molar-refractivity contribution in [2.45, 2.75) is 304 Å². The van der Waals surface area contributed by atoms with Crippen LogP contribution in [0.15, 0.2) is 0 Å². The first-order valence-corrected chi connectivity index (χ1v) is 35.8. The maximum atomic E-state index is 4.26. The van der Waals surface area contributed by atoms with E-state index in [1.165, 1.54) is 205 Å². The third kappa shape index (κ3) is 10.5. The molecule has 18 fully saturated rings. The van der Waals surface area contributed by atoms with Crippen LogP contribution in [0.3, 0.4) is 0 Å². The summed E-state index contributed by atoms with van der Waals surface area (Å²) < 4.78 is 0. The summed E-state index contributed by atoms with van der Waals surface area (Å²) in [7, 11) is 0. The molecular weight excluding hydrogens is 1030 g/mol. The number of hydrogen-bond donors (Lipinski definition) is 16. The molecule has 464 valence electrons. The van der Waals surface area contributed by atoms with Gasteiger partial charge in [0.15, 0.2) is 0 Å². The molecule has 18 aliphatic rings. The van der Waals surface area contributed by atoms with Crippen molar-refractivity contribution in [3.63, 3.8) is 0 Å². The molecule has 0 aromatic heterocycles. The fourth-order valence-electron chi connectivity index (χ4n) is 23.9. The summed E-state index contributed by atoms with van der Waals surface area (Å²) >= 11 is 0. The molecule has 16 N–H and O–H groups in total. The zero-order chi connectivity index (χ0) is 52.4. The Bertz CT molecular complexity index is 1580. The quantitative estimate of drug-likeness (QED) is 0.145. The molecule has 16 unspecified atom stereocenters. The number of halogens is 2. The van der Waals surface area contributed by atoms with E-state index in [0.717, 1.165) is 94.7 Å². The van der Waals surface area contributed by atoms with Crippen molar-refractivity contribution < 1.29 is 9.41 Å². The Hall–Kier alpha value is -0.780. The van der Waals surface area contributed by atoms with Gasteiger partial charge in [0.2, 0.25) is 0 Å². The van der Waals surface area contributed by atoms with Gasteiger partial charge in [-0.1, -0.05) is 103 Å². The second-order valence-electron chi connectivity index (χ2n) is 31.2. The first kappa shape index (κ1) is 57.6. The maximum absolute atomic E-state index is 4.26. The van der Waals surface area contributed by atoms with Crippen molar-refractivity contribution in [2.75, 3.05) is 0 Å². The van der Waals surface area contributed by atoms with Gasteiger partial charge in [0.1, 0.15) is 0 Å². The lowest BCUT2D eigenvalue weighted by molar-refractivity contribution is 0.167. The summed E-state index contributed by atoms with van der Waals surface area (Å²) in [5.41, 5.74) is 0. The van der Waals surface area contributed by atoms with Crippen LogP contribution in [-0.4, -0.2) is 98.7 Å². The van der Waals surface area contributed by atoms with Crippen LogP contribution in [0.4, 0.5) is 9.41 Å². The molecule has 18 heteroatoms. The Kier molecular flexibility index (Phi) is 17.3. The second kappa shape index (κ2) is 24.5. The third-order valence-corrected chi connectivity index (χ3v) is 27.6. The SMILES string of the molecule is C1CCC2C3NC(NC4NC(NC5NC(NC6NC(N3)C3CCCCC63)C3CCCCC53)C3CCCCC43)C2C1.C1CCC2C3NC(NC4NC(NC5NC(NC6NC(N3)C3CCCCC63)C3CCCCC53)C3CCCCC43)C2C1.F.F. The molecular formula is C64H114F2N16. The third-order valence-electron chi connectivity index (χ3n) is 27.6. The molecule has 0 radical (unpaired) electrons. The molecule has 0 aromatic rings. The molecule has 18 rings (SSSR count).